The predicted molar refractivity (Wildman–Crippen MR) is 79.2 cm³/mol. The highest BCUT2D eigenvalue weighted by molar-refractivity contribution is 5.81. The number of phenolic OH excluding ortho intramolecular Hbond substituents is 1. The summed E-state index contributed by atoms with van der Waals surface area (Å²) in [6, 6.07) is 6.83. The van der Waals surface area contributed by atoms with E-state index in [0.717, 1.165) is 0 Å². The SMILES string of the molecule is CN(C)CCN(CC(=O)O)C(=O)CCc1ccccc1O. The van der Waals surface area contributed by atoms with E-state index in [9.17, 15) is 14.7 Å². The molecular weight excluding hydrogens is 272 g/mol. The third-order valence-corrected chi connectivity index (χ3v) is 3.10. The fraction of sp³-hybridized carbons (Fsp3) is 0.467. The Bertz CT molecular complexity index is 488. The molecule has 0 unspecified atom stereocenters. The predicted octanol–water partition coefficient (Wildman–Crippen LogP) is 0.800. The van der Waals surface area contributed by atoms with Crippen LogP contribution in [0.15, 0.2) is 24.3 Å². The third-order valence-electron chi connectivity index (χ3n) is 3.10. The van der Waals surface area contributed by atoms with Crippen LogP contribution in [0.25, 0.3) is 0 Å². The summed E-state index contributed by atoms with van der Waals surface area (Å²) in [6.45, 7) is 0.682. The van der Waals surface area contributed by atoms with Gasteiger partial charge in [-0.1, -0.05) is 18.2 Å². The minimum absolute atomic E-state index is 0.156. The van der Waals surface area contributed by atoms with Gasteiger partial charge in [-0.05, 0) is 32.1 Å². The van der Waals surface area contributed by atoms with Gasteiger partial charge in [-0.3, -0.25) is 9.59 Å². The van der Waals surface area contributed by atoms with Gasteiger partial charge in [-0.2, -0.15) is 0 Å². The first kappa shape index (κ1) is 17.0. The van der Waals surface area contributed by atoms with Gasteiger partial charge in [-0.25, -0.2) is 0 Å². The van der Waals surface area contributed by atoms with E-state index in [-0.39, 0.29) is 24.6 Å². The maximum absolute atomic E-state index is 12.1. The highest BCUT2D eigenvalue weighted by Gasteiger charge is 2.17. The first-order valence-corrected chi connectivity index (χ1v) is 6.81. The molecule has 1 aromatic rings. The van der Waals surface area contributed by atoms with E-state index in [0.29, 0.717) is 25.1 Å². The van der Waals surface area contributed by atoms with Gasteiger partial charge in [0.25, 0.3) is 0 Å². The molecule has 0 heterocycles. The van der Waals surface area contributed by atoms with Crippen LogP contribution in [0.3, 0.4) is 0 Å². The summed E-state index contributed by atoms with van der Waals surface area (Å²) in [5.41, 5.74) is 0.689. The topological polar surface area (TPSA) is 81.1 Å². The average Bonchev–Trinajstić information content (AvgIpc) is 2.41. The largest absolute Gasteiger partial charge is 0.508 e. The molecule has 0 bridgehead atoms. The Balaban J connectivity index is 2.59. The van der Waals surface area contributed by atoms with Gasteiger partial charge in [-0.15, -0.1) is 0 Å². The molecule has 6 nitrogen and oxygen atoms in total. The second-order valence-corrected chi connectivity index (χ2v) is 5.14. The van der Waals surface area contributed by atoms with Crippen molar-refractivity contribution < 1.29 is 19.8 Å². The van der Waals surface area contributed by atoms with Crippen molar-refractivity contribution in [2.75, 3.05) is 33.7 Å². The fourth-order valence-corrected chi connectivity index (χ4v) is 1.90. The molecule has 0 atom stereocenters. The van der Waals surface area contributed by atoms with Crippen molar-refractivity contribution in [2.24, 2.45) is 0 Å². The number of aliphatic carboxylic acids is 1. The number of para-hydroxylation sites is 1. The summed E-state index contributed by atoms with van der Waals surface area (Å²) in [6.07, 6.45) is 0.571. The molecule has 0 saturated carbocycles. The van der Waals surface area contributed by atoms with Gasteiger partial charge in [0.2, 0.25) is 5.91 Å². The molecule has 1 amide bonds. The third kappa shape index (κ3) is 6.27. The molecule has 1 aromatic carbocycles. The van der Waals surface area contributed by atoms with Gasteiger partial charge >= 0.3 is 5.97 Å². The van der Waals surface area contributed by atoms with Gasteiger partial charge in [0.05, 0.1) is 0 Å². The first-order valence-electron chi connectivity index (χ1n) is 6.81. The molecule has 116 valence electrons. The fourth-order valence-electron chi connectivity index (χ4n) is 1.90. The number of hydrogen-bond acceptors (Lipinski definition) is 4. The minimum Gasteiger partial charge on any atom is -0.508 e. The average molecular weight is 294 g/mol. The molecule has 0 aliphatic carbocycles. The van der Waals surface area contributed by atoms with E-state index in [1.165, 1.54) is 4.90 Å². The molecule has 21 heavy (non-hydrogen) atoms. The summed E-state index contributed by atoms with van der Waals surface area (Å²) in [5.74, 6) is -1.09. The van der Waals surface area contributed by atoms with Crippen LogP contribution < -0.4 is 0 Å². The molecule has 0 spiro atoms. The maximum atomic E-state index is 12.1. The molecule has 6 heteroatoms. The second kappa shape index (κ2) is 8.26. The Labute approximate surface area is 124 Å². The van der Waals surface area contributed by atoms with Gasteiger partial charge in [0.1, 0.15) is 12.3 Å². The summed E-state index contributed by atoms with van der Waals surface area (Å²) in [7, 11) is 3.73. The highest BCUT2D eigenvalue weighted by Crippen LogP contribution is 2.17. The molecule has 0 aliphatic rings. The number of aryl methyl sites for hydroxylation is 1. The first-order chi connectivity index (χ1) is 9.90. The number of amides is 1. The van der Waals surface area contributed by atoms with Crippen molar-refractivity contribution in [1.29, 1.82) is 0 Å². The standard InChI is InChI=1S/C15H22N2O4/c1-16(2)9-10-17(11-15(20)21)14(19)8-7-12-5-3-4-6-13(12)18/h3-6,18H,7-11H2,1-2H3,(H,20,21). The normalized spacial score (nSPS) is 10.6. The molecule has 2 N–H and O–H groups in total. The van der Waals surface area contributed by atoms with E-state index in [1.54, 1.807) is 24.3 Å². The lowest BCUT2D eigenvalue weighted by Gasteiger charge is -2.22. The molecule has 1 rings (SSSR count). The number of carboxylic acid groups (broad SMARTS) is 1. The maximum Gasteiger partial charge on any atom is 0.323 e. The smallest absolute Gasteiger partial charge is 0.323 e. The number of nitrogens with zero attached hydrogens (tertiary/aromatic N) is 2. The summed E-state index contributed by atoms with van der Waals surface area (Å²) in [5, 5.41) is 18.5. The van der Waals surface area contributed by atoms with Crippen molar-refractivity contribution in [3.8, 4) is 5.75 Å². The zero-order valence-corrected chi connectivity index (χ0v) is 12.5. The molecule has 0 aromatic heterocycles. The van der Waals surface area contributed by atoms with E-state index in [1.807, 2.05) is 19.0 Å². The van der Waals surface area contributed by atoms with Gasteiger partial charge in [0, 0.05) is 19.5 Å². The second-order valence-electron chi connectivity index (χ2n) is 5.14. The lowest BCUT2D eigenvalue weighted by atomic mass is 10.1. The van der Waals surface area contributed by atoms with Crippen molar-refractivity contribution in [3.05, 3.63) is 29.8 Å². The number of likely N-dealkylation sites (N-methyl/N-ethyl adjacent to an activating group) is 1. The number of carboxylic acids is 1. The van der Waals surface area contributed by atoms with Gasteiger partial charge in [0.15, 0.2) is 0 Å². The monoisotopic (exact) mass is 294 g/mol. The van der Waals surface area contributed by atoms with Crippen LogP contribution in [0, 0.1) is 0 Å². The molecule has 0 radical (unpaired) electrons. The number of carbonyl (C=O) groups is 2. The van der Waals surface area contributed by atoms with Crippen LogP contribution >= 0.6 is 0 Å². The lowest BCUT2D eigenvalue weighted by molar-refractivity contribution is -0.144. The Morgan fingerprint density at radius 3 is 2.38 bits per heavy atom. The van der Waals surface area contributed by atoms with Gasteiger partial charge < -0.3 is 20.0 Å². The van der Waals surface area contributed by atoms with E-state index >= 15 is 0 Å². The summed E-state index contributed by atoms with van der Waals surface area (Å²) >= 11 is 0. The van der Waals surface area contributed by atoms with E-state index in [4.69, 9.17) is 5.11 Å². The highest BCUT2D eigenvalue weighted by atomic mass is 16.4. The van der Waals surface area contributed by atoms with Crippen LogP contribution in [-0.4, -0.2) is 65.6 Å². The summed E-state index contributed by atoms with van der Waals surface area (Å²) in [4.78, 5) is 26.2. The Morgan fingerprint density at radius 1 is 1.14 bits per heavy atom. The van der Waals surface area contributed by atoms with Crippen LogP contribution in [0.4, 0.5) is 0 Å². The molecule has 0 saturated heterocycles. The van der Waals surface area contributed by atoms with Crippen LogP contribution in [0.2, 0.25) is 0 Å². The lowest BCUT2D eigenvalue weighted by Crippen LogP contribution is -2.40. The van der Waals surface area contributed by atoms with Crippen molar-refractivity contribution in [3.63, 3.8) is 0 Å². The molecule has 0 fully saturated rings. The minimum atomic E-state index is -1.02. The number of phenols is 1. The molecular formula is C15H22N2O4. The molecule has 0 aliphatic heterocycles. The van der Waals surface area contributed by atoms with Crippen LogP contribution in [0.5, 0.6) is 5.75 Å². The number of aromatic hydroxyl groups is 1. The van der Waals surface area contributed by atoms with Crippen LogP contribution in [-0.2, 0) is 16.0 Å². The Morgan fingerprint density at radius 2 is 1.81 bits per heavy atom. The number of hydrogen-bond donors (Lipinski definition) is 2. The zero-order chi connectivity index (χ0) is 15.8. The van der Waals surface area contributed by atoms with E-state index in [2.05, 4.69) is 0 Å². The van der Waals surface area contributed by atoms with Crippen molar-refractivity contribution in [1.82, 2.24) is 9.80 Å². The Hall–Kier alpha value is -2.08. The Kier molecular flexibility index (Phi) is 6.68. The van der Waals surface area contributed by atoms with Crippen molar-refractivity contribution >= 4 is 11.9 Å². The van der Waals surface area contributed by atoms with Crippen molar-refractivity contribution in [2.45, 2.75) is 12.8 Å². The summed E-state index contributed by atoms with van der Waals surface area (Å²) < 4.78 is 0. The van der Waals surface area contributed by atoms with Crippen LogP contribution in [0.1, 0.15) is 12.0 Å². The quantitative estimate of drug-likeness (QED) is 0.741. The number of carbonyl (C=O) groups excluding carboxylic acids is 1. The number of benzene rings is 1. The van der Waals surface area contributed by atoms with E-state index < -0.39 is 5.97 Å². The zero-order valence-electron chi connectivity index (χ0n) is 12.5. The number of rotatable bonds is 8.